The third-order valence-electron chi connectivity index (χ3n) is 4.24. The fourth-order valence-electron chi connectivity index (χ4n) is 2.79. The first-order valence-corrected chi connectivity index (χ1v) is 8.90. The lowest BCUT2D eigenvalue weighted by Crippen LogP contribution is -2.41. The Morgan fingerprint density at radius 1 is 1.14 bits per heavy atom. The van der Waals surface area contributed by atoms with E-state index in [1.807, 2.05) is 0 Å². The number of carbonyl (C=O) groups excluding carboxylic acids is 1. The molecule has 3 rings (SSSR count). The van der Waals surface area contributed by atoms with Crippen LogP contribution in [0, 0.1) is 12.7 Å². The van der Waals surface area contributed by atoms with Crippen molar-refractivity contribution in [1.82, 2.24) is 9.13 Å². The van der Waals surface area contributed by atoms with Crippen molar-refractivity contribution < 1.29 is 13.9 Å². The fraction of sp³-hybridized carbons (Fsp3) is 0.150. The van der Waals surface area contributed by atoms with E-state index in [0.717, 1.165) is 9.13 Å². The predicted molar refractivity (Wildman–Crippen MR) is 108 cm³/mol. The van der Waals surface area contributed by atoms with Gasteiger partial charge in [-0.25, -0.2) is 4.39 Å². The SMILES string of the molecule is COc1ccc(Cl)cc1NC(=O)Cn1ccn(-c2cc(F)ccc2C)c(=O)c1=O. The van der Waals surface area contributed by atoms with Crippen molar-refractivity contribution in [3.05, 3.63) is 85.9 Å². The number of hydrogen-bond acceptors (Lipinski definition) is 4. The third kappa shape index (κ3) is 4.38. The van der Waals surface area contributed by atoms with E-state index < -0.39 is 29.4 Å². The van der Waals surface area contributed by atoms with Gasteiger partial charge in [-0.1, -0.05) is 17.7 Å². The standard InChI is InChI=1S/C20H17ClFN3O4/c1-12-3-5-14(22)10-16(12)25-8-7-24(19(27)20(25)28)11-18(26)23-15-9-13(21)4-6-17(15)29-2/h3-10H,11H2,1-2H3,(H,23,26). The lowest BCUT2D eigenvalue weighted by atomic mass is 10.2. The van der Waals surface area contributed by atoms with Gasteiger partial charge in [0.25, 0.3) is 0 Å². The lowest BCUT2D eigenvalue weighted by Gasteiger charge is -2.13. The molecule has 0 bridgehead atoms. The van der Waals surface area contributed by atoms with Crippen LogP contribution >= 0.6 is 11.6 Å². The van der Waals surface area contributed by atoms with Gasteiger partial charge in [0.2, 0.25) is 5.91 Å². The molecule has 0 radical (unpaired) electrons. The van der Waals surface area contributed by atoms with Gasteiger partial charge in [-0.3, -0.25) is 23.5 Å². The zero-order valence-electron chi connectivity index (χ0n) is 15.6. The first kappa shape index (κ1) is 20.3. The number of anilines is 1. The first-order valence-electron chi connectivity index (χ1n) is 8.52. The highest BCUT2D eigenvalue weighted by Gasteiger charge is 2.13. The smallest absolute Gasteiger partial charge is 0.320 e. The second-order valence-electron chi connectivity index (χ2n) is 6.23. The average molecular weight is 418 g/mol. The molecule has 1 aromatic heterocycles. The Labute approximate surface area is 169 Å². The lowest BCUT2D eigenvalue weighted by molar-refractivity contribution is -0.116. The molecule has 0 aliphatic heterocycles. The van der Waals surface area contributed by atoms with Crippen LogP contribution in [-0.4, -0.2) is 22.2 Å². The van der Waals surface area contributed by atoms with Crippen molar-refractivity contribution in [3.63, 3.8) is 0 Å². The van der Waals surface area contributed by atoms with Gasteiger partial charge in [0.1, 0.15) is 18.1 Å². The van der Waals surface area contributed by atoms with Crippen LogP contribution in [0.25, 0.3) is 5.69 Å². The van der Waals surface area contributed by atoms with Crippen LogP contribution < -0.4 is 21.2 Å². The van der Waals surface area contributed by atoms with E-state index in [1.165, 1.54) is 43.8 Å². The van der Waals surface area contributed by atoms with Crippen LogP contribution in [0.4, 0.5) is 10.1 Å². The van der Waals surface area contributed by atoms with E-state index in [0.29, 0.717) is 22.0 Å². The monoisotopic (exact) mass is 417 g/mol. The average Bonchev–Trinajstić information content (AvgIpc) is 2.68. The summed E-state index contributed by atoms with van der Waals surface area (Å²) in [4.78, 5) is 37.3. The highest BCUT2D eigenvalue weighted by Crippen LogP contribution is 2.27. The van der Waals surface area contributed by atoms with Crippen LogP contribution in [0.15, 0.2) is 58.4 Å². The van der Waals surface area contributed by atoms with Crippen LogP contribution in [0.2, 0.25) is 5.02 Å². The summed E-state index contributed by atoms with van der Waals surface area (Å²) in [6, 6.07) is 8.64. The molecule has 2 aromatic carbocycles. The molecule has 1 N–H and O–H groups in total. The van der Waals surface area contributed by atoms with Gasteiger partial charge in [0.05, 0.1) is 18.5 Å². The predicted octanol–water partition coefficient (Wildman–Crippen LogP) is 2.75. The molecule has 0 aliphatic rings. The first-order chi connectivity index (χ1) is 13.8. The summed E-state index contributed by atoms with van der Waals surface area (Å²) in [5, 5.41) is 2.99. The number of aromatic nitrogens is 2. The number of amides is 1. The number of methoxy groups -OCH3 is 1. The quantitative estimate of drug-likeness (QED) is 0.647. The molecule has 0 saturated heterocycles. The summed E-state index contributed by atoms with van der Waals surface area (Å²) >= 11 is 5.93. The summed E-state index contributed by atoms with van der Waals surface area (Å²) in [6.07, 6.45) is 2.61. The Morgan fingerprint density at radius 2 is 1.90 bits per heavy atom. The Bertz CT molecular complexity index is 1200. The van der Waals surface area contributed by atoms with Gasteiger partial charge in [-0.15, -0.1) is 0 Å². The minimum Gasteiger partial charge on any atom is -0.495 e. The van der Waals surface area contributed by atoms with Crippen molar-refractivity contribution >= 4 is 23.2 Å². The molecular formula is C20H17ClFN3O4. The summed E-state index contributed by atoms with van der Waals surface area (Å²) < 4.78 is 20.7. The number of halogens is 2. The van der Waals surface area contributed by atoms with E-state index in [-0.39, 0.29) is 5.69 Å². The summed E-state index contributed by atoms with van der Waals surface area (Å²) in [7, 11) is 1.44. The molecule has 0 saturated carbocycles. The van der Waals surface area contributed by atoms with Crippen molar-refractivity contribution in [2.45, 2.75) is 13.5 Å². The maximum atomic E-state index is 13.5. The van der Waals surface area contributed by atoms with Crippen molar-refractivity contribution in [2.75, 3.05) is 12.4 Å². The zero-order valence-corrected chi connectivity index (χ0v) is 16.4. The number of hydrogen-bond donors (Lipinski definition) is 1. The second kappa shape index (κ2) is 8.32. The normalized spacial score (nSPS) is 10.6. The molecule has 7 nitrogen and oxygen atoms in total. The maximum Gasteiger partial charge on any atom is 0.320 e. The maximum absolute atomic E-state index is 13.5. The summed E-state index contributed by atoms with van der Waals surface area (Å²) in [6.45, 7) is 1.30. The van der Waals surface area contributed by atoms with E-state index in [4.69, 9.17) is 16.3 Å². The largest absolute Gasteiger partial charge is 0.495 e. The Balaban J connectivity index is 1.88. The van der Waals surface area contributed by atoms with E-state index >= 15 is 0 Å². The van der Waals surface area contributed by atoms with Crippen LogP contribution in [0.1, 0.15) is 5.56 Å². The van der Waals surface area contributed by atoms with E-state index in [1.54, 1.807) is 19.1 Å². The van der Waals surface area contributed by atoms with Gasteiger partial charge in [-0.05, 0) is 42.8 Å². The number of ether oxygens (including phenoxy) is 1. The van der Waals surface area contributed by atoms with Crippen LogP contribution in [0.3, 0.4) is 0 Å². The molecule has 0 aliphatic carbocycles. The second-order valence-corrected chi connectivity index (χ2v) is 6.67. The van der Waals surface area contributed by atoms with Crippen molar-refractivity contribution in [1.29, 1.82) is 0 Å². The third-order valence-corrected chi connectivity index (χ3v) is 4.47. The number of carbonyl (C=O) groups is 1. The number of nitrogens with one attached hydrogen (secondary N) is 1. The van der Waals surface area contributed by atoms with E-state index in [9.17, 15) is 18.8 Å². The molecule has 0 spiro atoms. The summed E-state index contributed by atoms with van der Waals surface area (Å²) in [5.74, 6) is -0.685. The molecule has 0 atom stereocenters. The molecule has 9 heteroatoms. The molecule has 1 amide bonds. The molecule has 29 heavy (non-hydrogen) atoms. The topological polar surface area (TPSA) is 82.3 Å². The summed E-state index contributed by atoms with van der Waals surface area (Å²) in [5.41, 5.74) is -0.593. The van der Waals surface area contributed by atoms with Crippen LogP contribution in [-0.2, 0) is 11.3 Å². The molecule has 0 unspecified atom stereocenters. The minimum atomic E-state index is -0.913. The Morgan fingerprint density at radius 3 is 2.62 bits per heavy atom. The number of rotatable bonds is 5. The Hall–Kier alpha value is -3.39. The fourth-order valence-corrected chi connectivity index (χ4v) is 2.96. The van der Waals surface area contributed by atoms with Gasteiger partial charge in [0, 0.05) is 17.4 Å². The molecule has 1 heterocycles. The number of benzene rings is 2. The molecular weight excluding hydrogens is 401 g/mol. The van der Waals surface area contributed by atoms with Crippen LogP contribution in [0.5, 0.6) is 5.75 Å². The highest BCUT2D eigenvalue weighted by atomic mass is 35.5. The molecule has 150 valence electrons. The molecule has 3 aromatic rings. The van der Waals surface area contributed by atoms with Gasteiger partial charge >= 0.3 is 11.1 Å². The minimum absolute atomic E-state index is 0.257. The highest BCUT2D eigenvalue weighted by molar-refractivity contribution is 6.31. The van der Waals surface area contributed by atoms with Crippen molar-refractivity contribution in [3.8, 4) is 11.4 Å². The number of aryl methyl sites for hydroxylation is 1. The zero-order chi connectivity index (χ0) is 21.1. The van der Waals surface area contributed by atoms with Crippen molar-refractivity contribution in [2.24, 2.45) is 0 Å². The molecule has 0 fully saturated rings. The number of nitrogens with zero attached hydrogens (tertiary/aromatic N) is 2. The Kier molecular flexibility index (Phi) is 5.84. The van der Waals surface area contributed by atoms with Gasteiger partial charge in [0.15, 0.2) is 0 Å². The van der Waals surface area contributed by atoms with Gasteiger partial charge in [-0.2, -0.15) is 0 Å². The van der Waals surface area contributed by atoms with Gasteiger partial charge < -0.3 is 10.1 Å². The van der Waals surface area contributed by atoms with E-state index in [2.05, 4.69) is 5.32 Å².